The van der Waals surface area contributed by atoms with Gasteiger partial charge in [-0.1, -0.05) is 0 Å². The summed E-state index contributed by atoms with van der Waals surface area (Å²) in [7, 11) is 0. The van der Waals surface area contributed by atoms with Crippen molar-refractivity contribution >= 4 is 6.09 Å². The Hall–Kier alpha value is -0.980. The van der Waals surface area contributed by atoms with E-state index in [1.807, 2.05) is 0 Å². The van der Waals surface area contributed by atoms with E-state index in [2.05, 4.69) is 0 Å². The lowest BCUT2D eigenvalue weighted by Crippen LogP contribution is -2.55. The van der Waals surface area contributed by atoms with Gasteiger partial charge in [-0.05, 0) is 27.2 Å². The molecule has 1 saturated heterocycles. The van der Waals surface area contributed by atoms with Gasteiger partial charge in [-0.15, -0.1) is 0 Å². The zero-order valence-electron chi connectivity index (χ0n) is 10.6. The number of hydrogen-bond donors (Lipinski definition) is 1. The molecule has 18 heavy (non-hydrogen) atoms. The number of aliphatic hydroxyl groups excluding tert-OH is 1. The van der Waals surface area contributed by atoms with Gasteiger partial charge < -0.3 is 9.84 Å². The Morgan fingerprint density at radius 3 is 2.33 bits per heavy atom. The van der Waals surface area contributed by atoms with Gasteiger partial charge >= 0.3 is 12.3 Å². The second-order valence-electron chi connectivity index (χ2n) is 5.41. The summed E-state index contributed by atoms with van der Waals surface area (Å²) in [5.74, 6) is 0. The summed E-state index contributed by atoms with van der Waals surface area (Å²) in [6, 6.07) is -1.98. The first-order valence-electron chi connectivity index (χ1n) is 5.75. The van der Waals surface area contributed by atoms with Crippen LogP contribution in [0.25, 0.3) is 0 Å². The van der Waals surface area contributed by atoms with E-state index in [-0.39, 0.29) is 13.0 Å². The number of piperidine rings is 1. The molecule has 2 unspecified atom stereocenters. The topological polar surface area (TPSA) is 49.8 Å². The Labute approximate surface area is 104 Å². The maximum atomic E-state index is 12.8. The number of amides is 1. The molecule has 4 nitrogen and oxygen atoms in total. The number of ether oxygens (including phenoxy) is 1. The number of halogens is 3. The van der Waals surface area contributed by atoms with Crippen molar-refractivity contribution in [1.29, 1.82) is 0 Å². The highest BCUT2D eigenvalue weighted by Gasteiger charge is 2.49. The van der Waals surface area contributed by atoms with Crippen LogP contribution in [0.1, 0.15) is 33.6 Å². The number of aliphatic hydroxyl groups is 1. The largest absolute Gasteiger partial charge is 0.444 e. The van der Waals surface area contributed by atoms with Crippen molar-refractivity contribution in [3.8, 4) is 0 Å². The summed E-state index contributed by atoms with van der Waals surface area (Å²) >= 11 is 0. The molecule has 7 heteroatoms. The molecule has 1 fully saturated rings. The van der Waals surface area contributed by atoms with Gasteiger partial charge in [0.1, 0.15) is 11.6 Å². The molecule has 2 atom stereocenters. The Kier molecular flexibility index (Phi) is 4.15. The molecule has 1 N–H and O–H groups in total. The van der Waals surface area contributed by atoms with Crippen LogP contribution >= 0.6 is 0 Å². The van der Waals surface area contributed by atoms with Crippen LogP contribution < -0.4 is 0 Å². The fraction of sp³-hybridized carbons (Fsp3) is 0.909. The number of rotatable bonds is 0. The minimum atomic E-state index is -4.56. The molecule has 106 valence electrons. The second-order valence-corrected chi connectivity index (χ2v) is 5.41. The third kappa shape index (κ3) is 4.04. The predicted molar refractivity (Wildman–Crippen MR) is 58.0 cm³/mol. The molecule has 0 aromatic heterocycles. The Balaban J connectivity index is 2.81. The van der Waals surface area contributed by atoms with Gasteiger partial charge in [0.25, 0.3) is 0 Å². The van der Waals surface area contributed by atoms with Crippen molar-refractivity contribution in [2.24, 2.45) is 0 Å². The molecule has 0 aromatic rings. The van der Waals surface area contributed by atoms with E-state index in [0.717, 1.165) is 0 Å². The number of carbonyl (C=O) groups is 1. The van der Waals surface area contributed by atoms with Crippen molar-refractivity contribution in [1.82, 2.24) is 4.90 Å². The second kappa shape index (κ2) is 4.95. The summed E-state index contributed by atoms with van der Waals surface area (Å²) < 4.78 is 43.3. The average molecular weight is 269 g/mol. The van der Waals surface area contributed by atoms with Crippen molar-refractivity contribution in [2.75, 3.05) is 6.54 Å². The van der Waals surface area contributed by atoms with E-state index in [1.54, 1.807) is 20.8 Å². The highest BCUT2D eigenvalue weighted by molar-refractivity contribution is 5.68. The highest BCUT2D eigenvalue weighted by atomic mass is 19.4. The van der Waals surface area contributed by atoms with Gasteiger partial charge in [-0.2, -0.15) is 13.2 Å². The molecule has 0 aliphatic carbocycles. The first-order chi connectivity index (χ1) is 8.00. The third-order valence-electron chi connectivity index (χ3n) is 2.58. The van der Waals surface area contributed by atoms with E-state index in [1.165, 1.54) is 0 Å². The van der Waals surface area contributed by atoms with Crippen molar-refractivity contribution in [3.63, 3.8) is 0 Å². The van der Waals surface area contributed by atoms with Crippen molar-refractivity contribution < 1.29 is 27.8 Å². The van der Waals surface area contributed by atoms with Gasteiger partial charge in [-0.25, -0.2) is 4.79 Å². The van der Waals surface area contributed by atoms with E-state index in [4.69, 9.17) is 4.74 Å². The smallest absolute Gasteiger partial charge is 0.410 e. The first-order valence-corrected chi connectivity index (χ1v) is 5.75. The molecule has 0 radical (unpaired) electrons. The standard InChI is InChI=1S/C11H18F3NO3/c1-10(2,3)18-9(17)15-5-4-7(16)6-8(15)11(12,13)14/h7-8,16H,4-6H2,1-3H3. The van der Waals surface area contributed by atoms with E-state index >= 15 is 0 Å². The average Bonchev–Trinajstić information content (AvgIpc) is 2.13. The van der Waals surface area contributed by atoms with E-state index < -0.39 is 36.4 Å². The molecular weight excluding hydrogens is 251 g/mol. The number of carbonyl (C=O) groups excluding carboxylic acids is 1. The van der Waals surface area contributed by atoms with Crippen molar-refractivity contribution in [2.45, 2.75) is 57.5 Å². The summed E-state index contributed by atoms with van der Waals surface area (Å²) in [6.45, 7) is 4.62. The Morgan fingerprint density at radius 1 is 1.33 bits per heavy atom. The quantitative estimate of drug-likeness (QED) is 0.734. The SMILES string of the molecule is CC(C)(C)OC(=O)N1CCC(O)CC1C(F)(F)F. The lowest BCUT2D eigenvalue weighted by molar-refractivity contribution is -0.195. The fourth-order valence-corrected chi connectivity index (χ4v) is 1.80. The zero-order chi connectivity index (χ0) is 14.1. The summed E-state index contributed by atoms with van der Waals surface area (Å²) in [4.78, 5) is 12.4. The fourth-order valence-electron chi connectivity index (χ4n) is 1.80. The van der Waals surface area contributed by atoms with Crippen LogP contribution in [0.2, 0.25) is 0 Å². The van der Waals surface area contributed by atoms with Crippen molar-refractivity contribution in [3.05, 3.63) is 0 Å². The van der Waals surface area contributed by atoms with E-state index in [0.29, 0.717) is 4.90 Å². The Bertz CT molecular complexity index is 312. The molecule has 1 amide bonds. The molecule has 0 spiro atoms. The van der Waals surface area contributed by atoms with Crippen LogP contribution in [-0.2, 0) is 4.74 Å². The van der Waals surface area contributed by atoms with Gasteiger partial charge in [0.2, 0.25) is 0 Å². The monoisotopic (exact) mass is 269 g/mol. The number of hydrogen-bond acceptors (Lipinski definition) is 3. The first kappa shape index (κ1) is 15.1. The van der Waals surface area contributed by atoms with Crippen LogP contribution in [0.4, 0.5) is 18.0 Å². The maximum Gasteiger partial charge on any atom is 0.410 e. The molecule has 1 aliphatic rings. The van der Waals surface area contributed by atoms with Crippen LogP contribution in [0.5, 0.6) is 0 Å². The maximum absolute atomic E-state index is 12.8. The molecule has 0 saturated carbocycles. The lowest BCUT2D eigenvalue weighted by Gasteiger charge is -2.39. The van der Waals surface area contributed by atoms with Crippen LogP contribution in [-0.4, -0.2) is 46.6 Å². The number of nitrogens with zero attached hydrogens (tertiary/aromatic N) is 1. The van der Waals surface area contributed by atoms with Gasteiger partial charge in [0, 0.05) is 13.0 Å². The summed E-state index contributed by atoms with van der Waals surface area (Å²) in [5.41, 5.74) is -0.844. The molecule has 1 heterocycles. The molecule has 1 rings (SSSR count). The minimum absolute atomic E-state index is 0.131. The normalized spacial score (nSPS) is 26.1. The van der Waals surface area contributed by atoms with Crippen LogP contribution in [0, 0.1) is 0 Å². The van der Waals surface area contributed by atoms with Crippen LogP contribution in [0.15, 0.2) is 0 Å². The van der Waals surface area contributed by atoms with E-state index in [9.17, 15) is 23.1 Å². The number of alkyl halides is 3. The van der Waals surface area contributed by atoms with Gasteiger partial charge in [0.05, 0.1) is 6.10 Å². The Morgan fingerprint density at radius 2 is 1.89 bits per heavy atom. The third-order valence-corrected chi connectivity index (χ3v) is 2.58. The number of likely N-dealkylation sites (tertiary alicyclic amines) is 1. The van der Waals surface area contributed by atoms with Crippen LogP contribution in [0.3, 0.4) is 0 Å². The zero-order valence-corrected chi connectivity index (χ0v) is 10.6. The molecular formula is C11H18F3NO3. The lowest BCUT2D eigenvalue weighted by atomic mass is 9.99. The minimum Gasteiger partial charge on any atom is -0.444 e. The molecule has 0 aromatic carbocycles. The highest BCUT2D eigenvalue weighted by Crippen LogP contribution is 2.32. The predicted octanol–water partition coefficient (Wildman–Crippen LogP) is 2.31. The van der Waals surface area contributed by atoms with Gasteiger partial charge in [-0.3, -0.25) is 4.90 Å². The molecule has 0 bridgehead atoms. The summed E-state index contributed by atoms with van der Waals surface area (Å²) in [5, 5.41) is 9.30. The van der Waals surface area contributed by atoms with Gasteiger partial charge in [0.15, 0.2) is 0 Å². The summed E-state index contributed by atoms with van der Waals surface area (Å²) in [6.07, 6.45) is -6.95. The molecule has 1 aliphatic heterocycles.